The molecule has 94 valence electrons. The summed E-state index contributed by atoms with van der Waals surface area (Å²) in [7, 11) is 0. The van der Waals surface area contributed by atoms with Gasteiger partial charge in [0.15, 0.2) is 5.78 Å². The van der Waals surface area contributed by atoms with Gasteiger partial charge in [0.1, 0.15) is 0 Å². The Morgan fingerprint density at radius 2 is 2.00 bits per heavy atom. The summed E-state index contributed by atoms with van der Waals surface area (Å²) in [6, 6.07) is 3.78. The molecule has 0 N–H and O–H groups in total. The average Bonchev–Trinajstić information content (AvgIpc) is 2.27. The van der Waals surface area contributed by atoms with Crippen molar-refractivity contribution < 1.29 is 18.0 Å². The van der Waals surface area contributed by atoms with E-state index in [0.717, 1.165) is 6.07 Å². The van der Waals surface area contributed by atoms with Crippen molar-refractivity contribution in [2.45, 2.75) is 25.9 Å². The summed E-state index contributed by atoms with van der Waals surface area (Å²) in [4.78, 5) is 11.5. The maximum atomic E-state index is 12.7. The van der Waals surface area contributed by atoms with Gasteiger partial charge in [0.05, 0.1) is 5.56 Å². The minimum absolute atomic E-state index is 0.119. The molecule has 5 heteroatoms. The fourth-order valence-electron chi connectivity index (χ4n) is 1.55. The fraction of sp³-hybridized carbons (Fsp3) is 0.417. The number of halogens is 4. The Bertz CT molecular complexity index is 413. The molecule has 0 bridgehead atoms. The second-order valence-electron chi connectivity index (χ2n) is 3.59. The number of alkyl halides is 4. The van der Waals surface area contributed by atoms with Crippen LogP contribution in [0, 0.1) is 0 Å². The zero-order chi connectivity index (χ0) is 13.1. The van der Waals surface area contributed by atoms with E-state index < -0.39 is 11.7 Å². The monoisotopic (exact) mass is 308 g/mol. The molecule has 0 aliphatic heterocycles. The number of Topliss-reactive ketones (excluding diaryl/α,β-unsaturated/α-hetero) is 1. The Labute approximate surface area is 106 Å². The molecule has 0 aromatic heterocycles. The fourth-order valence-corrected chi connectivity index (χ4v) is 1.91. The second-order valence-corrected chi connectivity index (χ2v) is 4.38. The normalized spacial score (nSPS) is 11.6. The summed E-state index contributed by atoms with van der Waals surface area (Å²) >= 11 is 3.09. The van der Waals surface area contributed by atoms with Gasteiger partial charge in [-0.3, -0.25) is 4.79 Å². The number of hydrogen-bond acceptors (Lipinski definition) is 1. The standard InChI is InChI=1S/C12H12BrF3O/c1-2-8-3-4-9(11(17)5-6-13)7-10(8)12(14,15)16/h3-4,7H,2,5-6H2,1H3. The van der Waals surface area contributed by atoms with E-state index >= 15 is 0 Å². The van der Waals surface area contributed by atoms with Crippen LogP contribution in [0.1, 0.15) is 34.8 Å². The van der Waals surface area contributed by atoms with Crippen molar-refractivity contribution in [3.8, 4) is 0 Å². The topological polar surface area (TPSA) is 17.1 Å². The summed E-state index contributed by atoms with van der Waals surface area (Å²) in [5.41, 5.74) is -0.373. The number of hydrogen-bond donors (Lipinski definition) is 0. The number of rotatable bonds is 4. The maximum Gasteiger partial charge on any atom is 0.416 e. The highest BCUT2D eigenvalue weighted by Crippen LogP contribution is 2.33. The first-order valence-electron chi connectivity index (χ1n) is 5.19. The van der Waals surface area contributed by atoms with Crippen LogP contribution in [0.15, 0.2) is 18.2 Å². The number of ketones is 1. The lowest BCUT2D eigenvalue weighted by molar-refractivity contribution is -0.138. The summed E-state index contributed by atoms with van der Waals surface area (Å²) < 4.78 is 38.2. The molecule has 17 heavy (non-hydrogen) atoms. The highest BCUT2D eigenvalue weighted by Gasteiger charge is 2.33. The molecule has 0 heterocycles. The number of carbonyl (C=O) groups is 1. The van der Waals surface area contributed by atoms with E-state index in [2.05, 4.69) is 15.9 Å². The predicted octanol–water partition coefficient (Wildman–Crippen LogP) is 4.24. The Morgan fingerprint density at radius 1 is 1.35 bits per heavy atom. The third-order valence-electron chi connectivity index (χ3n) is 2.44. The minimum atomic E-state index is -4.41. The van der Waals surface area contributed by atoms with Crippen molar-refractivity contribution in [1.29, 1.82) is 0 Å². The molecule has 1 nitrogen and oxygen atoms in total. The van der Waals surface area contributed by atoms with E-state index in [1.54, 1.807) is 6.92 Å². The highest BCUT2D eigenvalue weighted by atomic mass is 79.9. The maximum absolute atomic E-state index is 12.7. The van der Waals surface area contributed by atoms with E-state index in [1.165, 1.54) is 12.1 Å². The van der Waals surface area contributed by atoms with Gasteiger partial charge in [0, 0.05) is 17.3 Å². The van der Waals surface area contributed by atoms with Crippen LogP contribution in [0.25, 0.3) is 0 Å². The Morgan fingerprint density at radius 3 is 2.47 bits per heavy atom. The Balaban J connectivity index is 3.18. The van der Waals surface area contributed by atoms with Crippen LogP contribution in [0.3, 0.4) is 0 Å². The molecule has 1 aromatic rings. The minimum Gasteiger partial charge on any atom is -0.294 e. The van der Waals surface area contributed by atoms with Gasteiger partial charge in [-0.25, -0.2) is 0 Å². The van der Waals surface area contributed by atoms with Gasteiger partial charge in [0.25, 0.3) is 0 Å². The van der Waals surface area contributed by atoms with Crippen molar-refractivity contribution in [2.24, 2.45) is 0 Å². The molecule has 0 saturated carbocycles. The molecule has 0 atom stereocenters. The van der Waals surface area contributed by atoms with E-state index in [1.807, 2.05) is 0 Å². The molecule has 1 rings (SSSR count). The second kappa shape index (κ2) is 5.67. The van der Waals surface area contributed by atoms with Crippen molar-refractivity contribution in [3.63, 3.8) is 0 Å². The molecule has 1 aromatic carbocycles. The lowest BCUT2D eigenvalue weighted by Gasteiger charge is -2.13. The van der Waals surface area contributed by atoms with Crippen LogP contribution in [-0.4, -0.2) is 11.1 Å². The molecule has 0 amide bonds. The van der Waals surface area contributed by atoms with Crippen LogP contribution in [-0.2, 0) is 12.6 Å². The van der Waals surface area contributed by atoms with Gasteiger partial charge >= 0.3 is 6.18 Å². The molecule has 0 spiro atoms. The quantitative estimate of drug-likeness (QED) is 0.601. The first-order chi connectivity index (χ1) is 7.90. The van der Waals surface area contributed by atoms with Crippen LogP contribution in [0.4, 0.5) is 13.2 Å². The van der Waals surface area contributed by atoms with E-state index in [4.69, 9.17) is 0 Å². The molecule has 0 aliphatic carbocycles. The summed E-state index contributed by atoms with van der Waals surface area (Å²) in [6.07, 6.45) is -3.92. The summed E-state index contributed by atoms with van der Waals surface area (Å²) in [6.45, 7) is 1.66. The SMILES string of the molecule is CCc1ccc(C(=O)CCBr)cc1C(F)(F)F. The molecule has 0 aliphatic rings. The number of aryl methyl sites for hydroxylation is 1. The molecule has 0 radical (unpaired) electrons. The number of carbonyl (C=O) groups excluding carboxylic acids is 1. The molecular formula is C12H12BrF3O. The molecule has 0 fully saturated rings. The predicted molar refractivity (Wildman–Crippen MR) is 63.6 cm³/mol. The van der Waals surface area contributed by atoms with Crippen LogP contribution < -0.4 is 0 Å². The first kappa shape index (κ1) is 14.2. The van der Waals surface area contributed by atoms with E-state index in [-0.39, 0.29) is 23.3 Å². The number of benzene rings is 1. The summed E-state index contributed by atoms with van der Waals surface area (Å²) in [5.74, 6) is -0.282. The molecule has 0 unspecified atom stereocenters. The zero-order valence-electron chi connectivity index (χ0n) is 9.27. The van der Waals surface area contributed by atoms with Crippen molar-refractivity contribution in [2.75, 3.05) is 5.33 Å². The van der Waals surface area contributed by atoms with Crippen LogP contribution >= 0.6 is 15.9 Å². The van der Waals surface area contributed by atoms with Crippen LogP contribution in [0.5, 0.6) is 0 Å². The Hall–Kier alpha value is -0.840. The van der Waals surface area contributed by atoms with Crippen molar-refractivity contribution in [3.05, 3.63) is 34.9 Å². The molecule has 0 saturated heterocycles. The van der Waals surface area contributed by atoms with Gasteiger partial charge < -0.3 is 0 Å². The average molecular weight is 309 g/mol. The lowest BCUT2D eigenvalue weighted by atomic mass is 9.99. The highest BCUT2D eigenvalue weighted by molar-refractivity contribution is 9.09. The van der Waals surface area contributed by atoms with Gasteiger partial charge in [-0.05, 0) is 18.1 Å². The lowest BCUT2D eigenvalue weighted by Crippen LogP contribution is -2.11. The van der Waals surface area contributed by atoms with E-state index in [0.29, 0.717) is 11.8 Å². The van der Waals surface area contributed by atoms with Gasteiger partial charge in [0.2, 0.25) is 0 Å². The third-order valence-corrected chi connectivity index (χ3v) is 2.84. The summed E-state index contributed by atoms with van der Waals surface area (Å²) in [5, 5.41) is 0.447. The van der Waals surface area contributed by atoms with Gasteiger partial charge in [-0.15, -0.1) is 0 Å². The van der Waals surface area contributed by atoms with E-state index in [9.17, 15) is 18.0 Å². The largest absolute Gasteiger partial charge is 0.416 e. The molecular weight excluding hydrogens is 297 g/mol. The van der Waals surface area contributed by atoms with Crippen molar-refractivity contribution >= 4 is 21.7 Å². The van der Waals surface area contributed by atoms with Gasteiger partial charge in [-0.1, -0.05) is 35.0 Å². The van der Waals surface area contributed by atoms with Crippen LogP contribution in [0.2, 0.25) is 0 Å². The smallest absolute Gasteiger partial charge is 0.294 e. The zero-order valence-corrected chi connectivity index (χ0v) is 10.9. The third kappa shape index (κ3) is 3.56. The van der Waals surface area contributed by atoms with Crippen molar-refractivity contribution in [1.82, 2.24) is 0 Å². The first-order valence-corrected chi connectivity index (χ1v) is 6.31. The van der Waals surface area contributed by atoms with Gasteiger partial charge in [-0.2, -0.15) is 13.2 Å². The Kier molecular flexibility index (Phi) is 4.74.